The van der Waals surface area contributed by atoms with E-state index in [0.717, 1.165) is 18.5 Å². The Morgan fingerprint density at radius 2 is 2.19 bits per heavy atom. The highest BCUT2D eigenvalue weighted by atomic mass is 16.2. The molecule has 1 aliphatic heterocycles. The van der Waals surface area contributed by atoms with E-state index in [-0.39, 0.29) is 5.91 Å². The lowest BCUT2D eigenvalue weighted by Crippen LogP contribution is -2.40. The zero-order valence-electron chi connectivity index (χ0n) is 13.2. The quantitative estimate of drug-likeness (QED) is 0.837. The van der Waals surface area contributed by atoms with Crippen LogP contribution in [0, 0.1) is 6.92 Å². The van der Waals surface area contributed by atoms with Crippen LogP contribution in [0.25, 0.3) is 0 Å². The molecule has 0 bridgehead atoms. The Morgan fingerprint density at radius 3 is 2.90 bits per heavy atom. The molecule has 1 aromatic rings. The maximum atomic E-state index is 12.3. The summed E-state index contributed by atoms with van der Waals surface area (Å²) in [7, 11) is 0. The molecule has 4 heteroatoms. The molecule has 0 aliphatic carbocycles. The van der Waals surface area contributed by atoms with Gasteiger partial charge in [0.2, 0.25) is 5.91 Å². The van der Waals surface area contributed by atoms with Gasteiger partial charge in [-0.25, -0.2) is 0 Å². The molecule has 21 heavy (non-hydrogen) atoms. The van der Waals surface area contributed by atoms with Gasteiger partial charge < -0.3 is 11.1 Å². The molecule has 1 amide bonds. The Balaban J connectivity index is 1.96. The molecule has 1 aliphatic rings. The van der Waals surface area contributed by atoms with Crippen molar-refractivity contribution < 1.29 is 4.79 Å². The number of nitrogens with zero attached hydrogens (tertiary/aromatic N) is 1. The Kier molecular flexibility index (Phi) is 5.62. The van der Waals surface area contributed by atoms with Crippen LogP contribution in [0.2, 0.25) is 0 Å². The number of hydrogen-bond acceptors (Lipinski definition) is 3. The molecule has 1 saturated heterocycles. The highest BCUT2D eigenvalue weighted by molar-refractivity contribution is 5.95. The summed E-state index contributed by atoms with van der Waals surface area (Å²) in [5, 5.41) is 2.94. The SMILES string of the molecule is CCC1CCCCCN1CC(=O)Nc1ccc(C)cc1N. The summed E-state index contributed by atoms with van der Waals surface area (Å²) in [6.07, 6.45) is 6.06. The number of likely N-dealkylation sites (tertiary alicyclic amines) is 1. The molecule has 1 aromatic carbocycles. The molecular weight excluding hydrogens is 262 g/mol. The summed E-state index contributed by atoms with van der Waals surface area (Å²) in [4.78, 5) is 14.6. The Morgan fingerprint density at radius 1 is 1.38 bits per heavy atom. The minimum Gasteiger partial charge on any atom is -0.397 e. The number of rotatable bonds is 4. The first-order valence-electron chi connectivity index (χ1n) is 8.00. The van der Waals surface area contributed by atoms with E-state index in [9.17, 15) is 4.79 Å². The minimum atomic E-state index is 0.0332. The molecule has 0 radical (unpaired) electrons. The molecule has 0 aromatic heterocycles. The van der Waals surface area contributed by atoms with E-state index < -0.39 is 0 Å². The lowest BCUT2D eigenvalue weighted by molar-refractivity contribution is -0.117. The van der Waals surface area contributed by atoms with Gasteiger partial charge in [0.1, 0.15) is 0 Å². The largest absolute Gasteiger partial charge is 0.397 e. The standard InChI is InChI=1S/C17H27N3O/c1-3-14-7-5-4-6-10-20(14)12-17(21)19-16-9-8-13(2)11-15(16)18/h8-9,11,14H,3-7,10,12,18H2,1-2H3,(H,19,21). The molecular formula is C17H27N3O. The summed E-state index contributed by atoms with van der Waals surface area (Å²) in [6, 6.07) is 6.26. The maximum Gasteiger partial charge on any atom is 0.238 e. The fourth-order valence-electron chi connectivity index (χ4n) is 3.08. The molecule has 3 N–H and O–H groups in total. The van der Waals surface area contributed by atoms with E-state index in [0.29, 0.717) is 24.0 Å². The van der Waals surface area contributed by atoms with E-state index in [2.05, 4.69) is 17.1 Å². The van der Waals surface area contributed by atoms with Crippen molar-refractivity contribution in [2.45, 2.75) is 52.0 Å². The minimum absolute atomic E-state index is 0.0332. The lowest BCUT2D eigenvalue weighted by atomic mass is 10.1. The summed E-state index contributed by atoms with van der Waals surface area (Å²) in [5.41, 5.74) is 8.40. The van der Waals surface area contributed by atoms with Gasteiger partial charge in [0.15, 0.2) is 0 Å². The molecule has 1 unspecified atom stereocenters. The van der Waals surface area contributed by atoms with Crippen molar-refractivity contribution in [2.24, 2.45) is 0 Å². The van der Waals surface area contributed by atoms with Crippen molar-refractivity contribution in [3.05, 3.63) is 23.8 Å². The Hall–Kier alpha value is -1.55. The number of benzene rings is 1. The van der Waals surface area contributed by atoms with Crippen LogP contribution in [0.4, 0.5) is 11.4 Å². The van der Waals surface area contributed by atoms with Crippen LogP contribution >= 0.6 is 0 Å². The van der Waals surface area contributed by atoms with Gasteiger partial charge in [-0.1, -0.05) is 25.8 Å². The summed E-state index contributed by atoms with van der Waals surface area (Å²) in [6.45, 7) is 5.69. The van der Waals surface area contributed by atoms with E-state index in [1.165, 1.54) is 25.7 Å². The number of nitrogens with one attached hydrogen (secondary N) is 1. The summed E-state index contributed by atoms with van der Waals surface area (Å²) < 4.78 is 0. The average Bonchev–Trinajstić information content (AvgIpc) is 2.67. The van der Waals surface area contributed by atoms with Gasteiger partial charge in [-0.05, 0) is 50.4 Å². The third-order valence-electron chi connectivity index (χ3n) is 4.30. The number of carbonyl (C=O) groups excluding carboxylic acids is 1. The predicted molar refractivity (Wildman–Crippen MR) is 88.3 cm³/mol. The number of anilines is 2. The molecule has 4 nitrogen and oxygen atoms in total. The first-order chi connectivity index (χ1) is 10.1. The second kappa shape index (κ2) is 7.46. The number of amides is 1. The first-order valence-corrected chi connectivity index (χ1v) is 8.00. The van der Waals surface area contributed by atoms with Crippen LogP contribution in [0.5, 0.6) is 0 Å². The number of nitrogen functional groups attached to an aromatic ring is 1. The third-order valence-corrected chi connectivity index (χ3v) is 4.30. The predicted octanol–water partition coefficient (Wildman–Crippen LogP) is 3.17. The van der Waals surface area contributed by atoms with Crippen molar-refractivity contribution >= 4 is 17.3 Å². The van der Waals surface area contributed by atoms with Gasteiger partial charge in [0.05, 0.1) is 17.9 Å². The highest BCUT2D eigenvalue weighted by Gasteiger charge is 2.21. The molecule has 116 valence electrons. The topological polar surface area (TPSA) is 58.4 Å². The first kappa shape index (κ1) is 15.8. The van der Waals surface area contributed by atoms with Gasteiger partial charge in [-0.15, -0.1) is 0 Å². The number of nitrogens with two attached hydrogens (primary N) is 1. The number of carbonyl (C=O) groups is 1. The van der Waals surface area contributed by atoms with E-state index >= 15 is 0 Å². The van der Waals surface area contributed by atoms with Gasteiger partial charge in [0, 0.05) is 6.04 Å². The van der Waals surface area contributed by atoms with Gasteiger partial charge in [-0.2, -0.15) is 0 Å². The normalized spacial score (nSPS) is 20.0. The van der Waals surface area contributed by atoms with E-state index in [1.54, 1.807) is 0 Å². The second-order valence-electron chi connectivity index (χ2n) is 6.02. The monoisotopic (exact) mass is 289 g/mol. The highest BCUT2D eigenvalue weighted by Crippen LogP contribution is 2.21. The van der Waals surface area contributed by atoms with Crippen molar-refractivity contribution in [2.75, 3.05) is 24.1 Å². The van der Waals surface area contributed by atoms with E-state index in [4.69, 9.17) is 5.73 Å². The molecule has 0 spiro atoms. The zero-order chi connectivity index (χ0) is 15.2. The van der Waals surface area contributed by atoms with Gasteiger partial charge >= 0.3 is 0 Å². The van der Waals surface area contributed by atoms with Crippen LogP contribution in [-0.4, -0.2) is 29.9 Å². The molecule has 2 rings (SSSR count). The lowest BCUT2D eigenvalue weighted by Gasteiger charge is -2.28. The van der Waals surface area contributed by atoms with Crippen molar-refractivity contribution in [1.29, 1.82) is 0 Å². The van der Waals surface area contributed by atoms with Crippen LogP contribution in [0.15, 0.2) is 18.2 Å². The molecule has 1 atom stereocenters. The van der Waals surface area contributed by atoms with Crippen molar-refractivity contribution in [1.82, 2.24) is 4.90 Å². The Bertz CT molecular complexity index is 487. The van der Waals surface area contributed by atoms with Crippen molar-refractivity contribution in [3.63, 3.8) is 0 Å². The average molecular weight is 289 g/mol. The van der Waals surface area contributed by atoms with Crippen molar-refractivity contribution in [3.8, 4) is 0 Å². The zero-order valence-corrected chi connectivity index (χ0v) is 13.2. The second-order valence-corrected chi connectivity index (χ2v) is 6.02. The third kappa shape index (κ3) is 4.46. The molecule has 1 fully saturated rings. The molecule has 0 saturated carbocycles. The van der Waals surface area contributed by atoms with E-state index in [1.807, 2.05) is 25.1 Å². The number of hydrogen-bond donors (Lipinski definition) is 2. The Labute approximate surface area is 127 Å². The van der Waals surface area contributed by atoms with Crippen LogP contribution in [0.3, 0.4) is 0 Å². The smallest absolute Gasteiger partial charge is 0.238 e. The van der Waals surface area contributed by atoms with Gasteiger partial charge in [0.25, 0.3) is 0 Å². The maximum absolute atomic E-state index is 12.3. The van der Waals surface area contributed by atoms with Gasteiger partial charge in [-0.3, -0.25) is 9.69 Å². The molecule has 1 heterocycles. The van der Waals surface area contributed by atoms with Crippen LogP contribution < -0.4 is 11.1 Å². The number of aryl methyl sites for hydroxylation is 1. The van der Waals surface area contributed by atoms with Crippen LogP contribution in [-0.2, 0) is 4.79 Å². The fourth-order valence-corrected chi connectivity index (χ4v) is 3.08. The fraction of sp³-hybridized carbons (Fsp3) is 0.588. The summed E-state index contributed by atoms with van der Waals surface area (Å²) in [5.74, 6) is 0.0332. The van der Waals surface area contributed by atoms with Crippen LogP contribution in [0.1, 0.15) is 44.6 Å². The summed E-state index contributed by atoms with van der Waals surface area (Å²) >= 11 is 0.